The Morgan fingerprint density at radius 3 is 3.00 bits per heavy atom. The number of carbonyl (C=O) groups is 1. The predicted octanol–water partition coefficient (Wildman–Crippen LogP) is 2.02. The first-order valence-electron chi connectivity index (χ1n) is 5.99. The summed E-state index contributed by atoms with van der Waals surface area (Å²) < 4.78 is 19.0. The van der Waals surface area contributed by atoms with Crippen LogP contribution < -0.4 is 0 Å². The van der Waals surface area contributed by atoms with Crippen LogP contribution in [0.2, 0.25) is 5.02 Å². The molecule has 0 spiro atoms. The van der Waals surface area contributed by atoms with Gasteiger partial charge in [0.2, 0.25) is 5.91 Å². The van der Waals surface area contributed by atoms with Crippen molar-refractivity contribution in [3.63, 3.8) is 0 Å². The minimum Gasteiger partial charge on any atom is -0.374 e. The highest BCUT2D eigenvalue weighted by atomic mass is 35.5. The van der Waals surface area contributed by atoms with Crippen LogP contribution in [0.4, 0.5) is 4.39 Å². The number of fused-ring (bicyclic) bond motifs is 2. The molecular formula is C13H13ClFNO2. The Labute approximate surface area is 109 Å². The fourth-order valence-corrected chi connectivity index (χ4v) is 2.89. The highest BCUT2D eigenvalue weighted by molar-refractivity contribution is 6.31. The molecule has 2 unspecified atom stereocenters. The lowest BCUT2D eigenvalue weighted by atomic mass is 10.1. The molecule has 2 saturated heterocycles. The number of nitrogens with zero attached hydrogens (tertiary/aromatic N) is 1. The molecule has 5 heteroatoms. The van der Waals surface area contributed by atoms with Gasteiger partial charge in [-0.2, -0.15) is 0 Å². The van der Waals surface area contributed by atoms with Gasteiger partial charge in [0.05, 0.1) is 25.2 Å². The molecule has 0 N–H and O–H groups in total. The van der Waals surface area contributed by atoms with Crippen LogP contribution in [0.1, 0.15) is 12.0 Å². The lowest BCUT2D eigenvalue weighted by molar-refractivity contribution is -0.134. The Balaban J connectivity index is 1.75. The van der Waals surface area contributed by atoms with Gasteiger partial charge < -0.3 is 9.64 Å². The zero-order valence-corrected chi connectivity index (χ0v) is 10.5. The van der Waals surface area contributed by atoms with Crippen LogP contribution in [0, 0.1) is 5.82 Å². The Bertz CT molecular complexity index is 474. The van der Waals surface area contributed by atoms with Crippen molar-refractivity contribution in [3.05, 3.63) is 34.6 Å². The van der Waals surface area contributed by atoms with Crippen LogP contribution in [0.5, 0.6) is 0 Å². The first kappa shape index (κ1) is 11.9. The second-order valence-corrected chi connectivity index (χ2v) is 5.18. The predicted molar refractivity (Wildman–Crippen MR) is 65.0 cm³/mol. The van der Waals surface area contributed by atoms with E-state index in [9.17, 15) is 9.18 Å². The summed E-state index contributed by atoms with van der Waals surface area (Å²) in [4.78, 5) is 13.9. The van der Waals surface area contributed by atoms with Crippen LogP contribution in [-0.2, 0) is 16.0 Å². The molecule has 2 heterocycles. The van der Waals surface area contributed by atoms with Gasteiger partial charge >= 0.3 is 0 Å². The van der Waals surface area contributed by atoms with E-state index in [1.807, 2.05) is 0 Å². The average molecular weight is 270 g/mol. The van der Waals surface area contributed by atoms with Gasteiger partial charge in [-0.1, -0.05) is 17.7 Å². The van der Waals surface area contributed by atoms with Crippen LogP contribution in [-0.4, -0.2) is 36.1 Å². The number of ether oxygens (including phenoxy) is 1. The van der Waals surface area contributed by atoms with E-state index in [-0.39, 0.29) is 30.0 Å². The van der Waals surface area contributed by atoms with Gasteiger partial charge in [0.1, 0.15) is 5.82 Å². The summed E-state index contributed by atoms with van der Waals surface area (Å²) in [7, 11) is 0. The Morgan fingerprint density at radius 2 is 2.39 bits per heavy atom. The summed E-state index contributed by atoms with van der Waals surface area (Å²) in [6.45, 7) is 1.22. The topological polar surface area (TPSA) is 29.5 Å². The highest BCUT2D eigenvalue weighted by Gasteiger charge is 2.41. The van der Waals surface area contributed by atoms with E-state index in [1.54, 1.807) is 11.0 Å². The number of carbonyl (C=O) groups excluding carboxylic acids is 1. The lowest BCUT2D eigenvalue weighted by Crippen LogP contribution is -2.42. The number of benzene rings is 1. The summed E-state index contributed by atoms with van der Waals surface area (Å²) in [6, 6.07) is 4.63. The van der Waals surface area contributed by atoms with Gasteiger partial charge in [0.25, 0.3) is 0 Å². The molecule has 0 aliphatic carbocycles. The molecule has 2 aliphatic rings. The van der Waals surface area contributed by atoms with Crippen molar-refractivity contribution >= 4 is 17.5 Å². The van der Waals surface area contributed by atoms with E-state index >= 15 is 0 Å². The number of hydrogen-bond donors (Lipinski definition) is 0. The van der Waals surface area contributed by atoms with Crippen molar-refractivity contribution < 1.29 is 13.9 Å². The molecule has 2 bridgehead atoms. The molecule has 96 valence electrons. The molecule has 2 fully saturated rings. The van der Waals surface area contributed by atoms with Gasteiger partial charge in [-0.15, -0.1) is 0 Å². The first-order valence-corrected chi connectivity index (χ1v) is 6.37. The van der Waals surface area contributed by atoms with E-state index < -0.39 is 5.82 Å². The SMILES string of the molecule is O=C(Cc1c(F)cccc1Cl)N1CC2CC1CO2. The van der Waals surface area contributed by atoms with Crippen molar-refractivity contribution in [1.82, 2.24) is 4.90 Å². The first-order chi connectivity index (χ1) is 8.65. The number of amides is 1. The van der Waals surface area contributed by atoms with Gasteiger partial charge in [0.15, 0.2) is 0 Å². The highest BCUT2D eigenvalue weighted by Crippen LogP contribution is 2.29. The maximum Gasteiger partial charge on any atom is 0.227 e. The minimum absolute atomic E-state index is 0.0225. The van der Waals surface area contributed by atoms with Crippen molar-refractivity contribution in [2.45, 2.75) is 25.0 Å². The van der Waals surface area contributed by atoms with Crippen molar-refractivity contribution in [1.29, 1.82) is 0 Å². The van der Waals surface area contributed by atoms with Crippen molar-refractivity contribution in [3.8, 4) is 0 Å². The quantitative estimate of drug-likeness (QED) is 0.822. The number of rotatable bonds is 2. The number of hydrogen-bond acceptors (Lipinski definition) is 2. The zero-order chi connectivity index (χ0) is 12.7. The molecule has 0 aromatic heterocycles. The average Bonchev–Trinajstić information content (AvgIpc) is 2.96. The number of likely N-dealkylation sites (tertiary alicyclic amines) is 1. The van der Waals surface area contributed by atoms with Crippen LogP contribution in [0.25, 0.3) is 0 Å². The molecule has 18 heavy (non-hydrogen) atoms. The third kappa shape index (κ3) is 1.99. The maximum atomic E-state index is 13.6. The van der Waals surface area contributed by atoms with E-state index in [0.29, 0.717) is 18.2 Å². The fraction of sp³-hybridized carbons (Fsp3) is 0.462. The largest absolute Gasteiger partial charge is 0.374 e. The van der Waals surface area contributed by atoms with E-state index in [1.165, 1.54) is 12.1 Å². The van der Waals surface area contributed by atoms with Gasteiger partial charge in [-0.05, 0) is 18.6 Å². The lowest BCUT2D eigenvalue weighted by Gasteiger charge is -2.27. The second kappa shape index (κ2) is 4.52. The van der Waals surface area contributed by atoms with Crippen molar-refractivity contribution in [2.24, 2.45) is 0 Å². The Kier molecular flexibility index (Phi) is 2.99. The molecule has 2 atom stereocenters. The number of halogens is 2. The summed E-state index contributed by atoms with van der Waals surface area (Å²) in [5.41, 5.74) is 0.285. The molecule has 2 aliphatic heterocycles. The van der Waals surface area contributed by atoms with Gasteiger partial charge in [-0.25, -0.2) is 4.39 Å². The van der Waals surface area contributed by atoms with Gasteiger partial charge in [0, 0.05) is 17.1 Å². The fourth-order valence-electron chi connectivity index (χ4n) is 2.66. The summed E-state index contributed by atoms with van der Waals surface area (Å²) in [6.07, 6.45) is 1.08. The second-order valence-electron chi connectivity index (χ2n) is 4.77. The normalized spacial score (nSPS) is 25.8. The molecule has 0 radical (unpaired) electrons. The summed E-state index contributed by atoms with van der Waals surface area (Å²) in [5.74, 6) is -0.491. The Hall–Kier alpha value is -1.13. The minimum atomic E-state index is -0.420. The van der Waals surface area contributed by atoms with Crippen molar-refractivity contribution in [2.75, 3.05) is 13.2 Å². The van der Waals surface area contributed by atoms with Gasteiger partial charge in [-0.3, -0.25) is 4.79 Å². The third-order valence-corrected chi connectivity index (χ3v) is 3.96. The smallest absolute Gasteiger partial charge is 0.227 e. The summed E-state index contributed by atoms with van der Waals surface area (Å²) in [5, 5.41) is 0.309. The standard InChI is InChI=1S/C13H13ClFNO2/c14-11-2-1-3-12(15)10(11)5-13(17)16-6-9-4-8(16)7-18-9/h1-3,8-9H,4-7H2. The zero-order valence-electron chi connectivity index (χ0n) is 9.73. The maximum absolute atomic E-state index is 13.6. The van der Waals surface area contributed by atoms with E-state index in [2.05, 4.69) is 0 Å². The molecule has 1 aromatic rings. The molecule has 1 aromatic carbocycles. The molecule has 3 rings (SSSR count). The number of morpholine rings is 1. The van der Waals surface area contributed by atoms with Crippen LogP contribution >= 0.6 is 11.6 Å². The molecule has 3 nitrogen and oxygen atoms in total. The molecular weight excluding hydrogens is 257 g/mol. The Morgan fingerprint density at radius 1 is 1.56 bits per heavy atom. The molecule has 0 saturated carbocycles. The van der Waals surface area contributed by atoms with Crippen LogP contribution in [0.15, 0.2) is 18.2 Å². The van der Waals surface area contributed by atoms with E-state index in [4.69, 9.17) is 16.3 Å². The monoisotopic (exact) mass is 269 g/mol. The van der Waals surface area contributed by atoms with E-state index in [0.717, 1.165) is 6.42 Å². The van der Waals surface area contributed by atoms with Crippen LogP contribution in [0.3, 0.4) is 0 Å². The third-order valence-electron chi connectivity index (χ3n) is 3.61. The molecule has 1 amide bonds. The summed E-state index contributed by atoms with van der Waals surface area (Å²) >= 11 is 5.92.